The second kappa shape index (κ2) is 11.4. The summed E-state index contributed by atoms with van der Waals surface area (Å²) in [6.45, 7) is 11.6. The third-order valence-electron chi connectivity index (χ3n) is 6.37. The largest absolute Gasteiger partial charge is 0.489 e. The van der Waals surface area contributed by atoms with Crippen LogP contribution in [-0.4, -0.2) is 21.7 Å². The van der Waals surface area contributed by atoms with Gasteiger partial charge in [-0.1, -0.05) is 54.1 Å². The maximum Gasteiger partial charge on any atom is 0.337 e. The lowest BCUT2D eigenvalue weighted by Gasteiger charge is -2.29. The van der Waals surface area contributed by atoms with E-state index in [-0.39, 0.29) is 5.82 Å². The molecule has 0 spiro atoms. The van der Waals surface area contributed by atoms with Crippen molar-refractivity contribution < 1.29 is 23.8 Å². The Morgan fingerprint density at radius 1 is 0.846 bits per heavy atom. The second-order valence-corrected chi connectivity index (χ2v) is 10.7. The number of aromatic nitrogens is 1. The molecule has 0 bridgehead atoms. The number of nitrogens with zero attached hydrogens (tertiary/aromatic N) is 1. The van der Waals surface area contributed by atoms with E-state index < -0.39 is 17.7 Å². The van der Waals surface area contributed by atoms with Gasteiger partial charge in [0.25, 0.3) is 0 Å². The van der Waals surface area contributed by atoms with Gasteiger partial charge in [-0.25, -0.2) is 9.18 Å². The van der Waals surface area contributed by atoms with E-state index in [2.05, 4.69) is 0 Å². The van der Waals surface area contributed by atoms with E-state index in [1.54, 1.807) is 12.1 Å². The molecule has 0 unspecified atom stereocenters. The molecule has 5 nitrogen and oxygen atoms in total. The molecule has 1 heterocycles. The molecular formula is C33H34FNO4. The van der Waals surface area contributed by atoms with E-state index in [4.69, 9.17) is 14.5 Å². The number of hydrogen-bond donors (Lipinski definition) is 1. The number of carboxylic acid groups (broad SMARTS) is 1. The van der Waals surface area contributed by atoms with Crippen LogP contribution in [0.25, 0.3) is 22.3 Å². The number of carboxylic acids is 1. The lowest BCUT2D eigenvalue weighted by Crippen LogP contribution is -2.28. The van der Waals surface area contributed by atoms with Crippen molar-refractivity contribution in [1.82, 2.24) is 4.98 Å². The molecule has 0 amide bonds. The highest BCUT2D eigenvalue weighted by Crippen LogP contribution is 2.43. The van der Waals surface area contributed by atoms with Crippen molar-refractivity contribution in [2.75, 3.05) is 0 Å². The Labute approximate surface area is 229 Å². The minimum Gasteiger partial charge on any atom is -0.489 e. The molecule has 0 fully saturated rings. The van der Waals surface area contributed by atoms with Crippen LogP contribution in [-0.2, 0) is 16.1 Å². The highest BCUT2D eigenvalue weighted by molar-refractivity contribution is 5.91. The molecule has 39 heavy (non-hydrogen) atoms. The third kappa shape index (κ3) is 6.70. The lowest BCUT2D eigenvalue weighted by molar-refractivity contribution is -0.160. The summed E-state index contributed by atoms with van der Waals surface area (Å²) < 4.78 is 25.2. The Morgan fingerprint density at radius 3 is 1.97 bits per heavy atom. The van der Waals surface area contributed by atoms with Crippen LogP contribution in [0, 0.1) is 26.6 Å². The minimum absolute atomic E-state index is 0.285. The van der Waals surface area contributed by atoms with Crippen LogP contribution < -0.4 is 4.74 Å². The zero-order valence-corrected chi connectivity index (χ0v) is 23.2. The molecule has 1 atom stereocenters. The monoisotopic (exact) mass is 527 g/mol. The van der Waals surface area contributed by atoms with Gasteiger partial charge in [-0.05, 0) is 88.1 Å². The quantitative estimate of drug-likeness (QED) is 0.251. The van der Waals surface area contributed by atoms with Crippen molar-refractivity contribution in [3.8, 4) is 28.0 Å². The number of hydrogen-bond acceptors (Lipinski definition) is 4. The van der Waals surface area contributed by atoms with Gasteiger partial charge in [0.1, 0.15) is 18.2 Å². The van der Waals surface area contributed by atoms with E-state index in [1.165, 1.54) is 12.1 Å². The second-order valence-electron chi connectivity index (χ2n) is 10.7. The van der Waals surface area contributed by atoms with Gasteiger partial charge < -0.3 is 14.6 Å². The Bertz CT molecular complexity index is 1450. The molecule has 1 aromatic heterocycles. The zero-order chi connectivity index (χ0) is 28.3. The molecular weight excluding hydrogens is 493 g/mol. The number of pyridine rings is 1. The van der Waals surface area contributed by atoms with Gasteiger partial charge in [0.2, 0.25) is 0 Å². The van der Waals surface area contributed by atoms with E-state index in [0.717, 1.165) is 39.1 Å². The summed E-state index contributed by atoms with van der Waals surface area (Å²) in [4.78, 5) is 17.3. The number of aliphatic carboxylic acids is 1. The van der Waals surface area contributed by atoms with Crippen LogP contribution in [0.2, 0.25) is 0 Å². The average Bonchev–Trinajstić information content (AvgIpc) is 2.87. The van der Waals surface area contributed by atoms with Crippen LogP contribution in [0.5, 0.6) is 5.75 Å². The van der Waals surface area contributed by atoms with E-state index in [9.17, 15) is 14.3 Å². The number of halogens is 1. The molecule has 6 heteroatoms. The van der Waals surface area contributed by atoms with Crippen LogP contribution in [0.4, 0.5) is 4.39 Å². The van der Waals surface area contributed by atoms with Gasteiger partial charge in [0, 0.05) is 22.5 Å². The molecule has 0 aliphatic rings. The summed E-state index contributed by atoms with van der Waals surface area (Å²) in [6.07, 6.45) is -1.20. The normalized spacial score (nSPS) is 12.3. The highest BCUT2D eigenvalue weighted by Gasteiger charge is 2.33. The minimum atomic E-state index is -1.20. The molecule has 4 aromatic rings. The van der Waals surface area contributed by atoms with Crippen LogP contribution in [0.3, 0.4) is 0 Å². The van der Waals surface area contributed by atoms with E-state index >= 15 is 0 Å². The first-order valence-corrected chi connectivity index (χ1v) is 12.9. The molecule has 0 radical (unpaired) electrons. The smallest absolute Gasteiger partial charge is 0.337 e. The van der Waals surface area contributed by atoms with Gasteiger partial charge >= 0.3 is 5.97 Å². The van der Waals surface area contributed by atoms with Gasteiger partial charge in [0.15, 0.2) is 6.10 Å². The first kappa shape index (κ1) is 28.0. The van der Waals surface area contributed by atoms with Crippen LogP contribution >= 0.6 is 0 Å². The Kier molecular flexibility index (Phi) is 8.17. The number of ether oxygens (including phenoxy) is 2. The SMILES string of the molecule is Cc1ccc(-c2c(-c3ccc(OCc4ccc(F)cc4)cc3)c(C)nc(C)c2[C@H](OC(C)(C)C)C(=O)O)cc1. The number of carbonyl (C=O) groups is 1. The van der Waals surface area contributed by atoms with Crippen LogP contribution in [0.15, 0.2) is 72.8 Å². The van der Waals surface area contributed by atoms with Gasteiger partial charge in [0.05, 0.1) is 5.60 Å². The molecule has 0 aliphatic heterocycles. The molecule has 0 aliphatic carbocycles. The summed E-state index contributed by atoms with van der Waals surface area (Å²) in [5.41, 5.74) is 6.62. The topological polar surface area (TPSA) is 68.7 Å². The van der Waals surface area contributed by atoms with Crippen molar-refractivity contribution in [2.24, 2.45) is 0 Å². The highest BCUT2D eigenvalue weighted by atomic mass is 19.1. The summed E-state index contributed by atoms with van der Waals surface area (Å²) >= 11 is 0. The molecule has 3 aromatic carbocycles. The summed E-state index contributed by atoms with van der Waals surface area (Å²) in [7, 11) is 0. The van der Waals surface area contributed by atoms with E-state index in [1.807, 2.05) is 90.1 Å². The zero-order valence-electron chi connectivity index (χ0n) is 23.2. The number of benzene rings is 3. The van der Waals surface area contributed by atoms with Crippen molar-refractivity contribution >= 4 is 5.97 Å². The fourth-order valence-electron chi connectivity index (χ4n) is 4.61. The first-order valence-electron chi connectivity index (χ1n) is 12.9. The van der Waals surface area contributed by atoms with Gasteiger partial charge in [-0.15, -0.1) is 0 Å². The maximum absolute atomic E-state index is 13.2. The van der Waals surface area contributed by atoms with Gasteiger partial charge in [-0.3, -0.25) is 4.98 Å². The molecule has 4 rings (SSSR count). The Hall–Kier alpha value is -4.03. The summed E-state index contributed by atoms with van der Waals surface area (Å²) in [6, 6.07) is 21.9. The summed E-state index contributed by atoms with van der Waals surface area (Å²) in [5.74, 6) is -0.688. The molecule has 0 saturated heterocycles. The standard InChI is InChI=1S/C33H34FNO4/c1-20-7-11-25(12-8-20)30-28(21(2)35-22(3)29(30)31(32(36)37)39-33(4,5)6)24-13-17-27(18-14-24)38-19-23-9-15-26(34)16-10-23/h7-18,31H,19H2,1-6H3,(H,36,37)/t31-/m0/s1. The average molecular weight is 528 g/mol. The number of aryl methyl sites for hydroxylation is 3. The Morgan fingerprint density at radius 2 is 1.41 bits per heavy atom. The molecule has 1 N–H and O–H groups in total. The molecule has 0 saturated carbocycles. The van der Waals surface area contributed by atoms with Crippen molar-refractivity contribution in [3.05, 3.63) is 107 Å². The third-order valence-corrected chi connectivity index (χ3v) is 6.37. The van der Waals surface area contributed by atoms with Crippen molar-refractivity contribution in [3.63, 3.8) is 0 Å². The summed E-state index contributed by atoms with van der Waals surface area (Å²) in [5, 5.41) is 10.3. The lowest BCUT2D eigenvalue weighted by atomic mass is 9.86. The Balaban J connectivity index is 1.82. The van der Waals surface area contributed by atoms with Gasteiger partial charge in [-0.2, -0.15) is 0 Å². The predicted octanol–water partition coefficient (Wildman–Crippen LogP) is 8.00. The number of rotatable bonds is 8. The fourth-order valence-corrected chi connectivity index (χ4v) is 4.61. The van der Waals surface area contributed by atoms with Crippen molar-refractivity contribution in [1.29, 1.82) is 0 Å². The van der Waals surface area contributed by atoms with Crippen LogP contribution in [0.1, 0.15) is 55.0 Å². The van der Waals surface area contributed by atoms with Crippen molar-refractivity contribution in [2.45, 2.75) is 59.9 Å². The first-order chi connectivity index (χ1) is 18.4. The molecule has 202 valence electrons. The maximum atomic E-state index is 13.2. The van der Waals surface area contributed by atoms with E-state index in [0.29, 0.717) is 23.6 Å². The fraction of sp³-hybridized carbons (Fsp3) is 0.273. The predicted molar refractivity (Wildman–Crippen MR) is 151 cm³/mol.